The van der Waals surface area contributed by atoms with Crippen LogP contribution < -0.4 is 10.2 Å². The molecule has 2 aliphatic heterocycles. The molecule has 0 radical (unpaired) electrons. The number of nitrogens with one attached hydrogen (secondary N) is 1. The van der Waals surface area contributed by atoms with Crippen LogP contribution in [-0.4, -0.2) is 86.7 Å². The number of carbonyl (C=O) groups excluding carboxylic acids is 2. The second-order valence-corrected chi connectivity index (χ2v) is 9.69. The van der Waals surface area contributed by atoms with Gasteiger partial charge in [-0.05, 0) is 24.4 Å². The molecule has 0 bridgehead atoms. The number of fused-ring (bicyclic) bond motifs is 1. The molecule has 34 heavy (non-hydrogen) atoms. The van der Waals surface area contributed by atoms with Gasteiger partial charge < -0.3 is 15.1 Å². The van der Waals surface area contributed by atoms with Crippen LogP contribution in [0.25, 0.3) is 0 Å². The molecule has 2 amide bonds. The fourth-order valence-electron chi connectivity index (χ4n) is 4.41. The van der Waals surface area contributed by atoms with Gasteiger partial charge in [0.2, 0.25) is 5.95 Å². The maximum Gasteiger partial charge on any atom is 0.272 e. The summed E-state index contributed by atoms with van der Waals surface area (Å²) < 4.78 is 1.65. The lowest BCUT2D eigenvalue weighted by Crippen LogP contribution is -2.51. The molecule has 0 aromatic carbocycles. The van der Waals surface area contributed by atoms with Crippen LogP contribution in [0.2, 0.25) is 0 Å². The molecule has 10 nitrogen and oxygen atoms in total. The van der Waals surface area contributed by atoms with Crippen molar-refractivity contribution in [1.29, 1.82) is 0 Å². The molecule has 3 aromatic heterocycles. The lowest BCUT2D eigenvalue weighted by Gasteiger charge is -2.35. The fourth-order valence-corrected chi connectivity index (χ4v) is 5.13. The van der Waals surface area contributed by atoms with Crippen LogP contribution in [0.4, 0.5) is 5.95 Å². The van der Waals surface area contributed by atoms with Crippen molar-refractivity contribution in [1.82, 2.24) is 34.9 Å². The summed E-state index contributed by atoms with van der Waals surface area (Å²) in [6.45, 7) is 7.96. The van der Waals surface area contributed by atoms with Gasteiger partial charge in [0.15, 0.2) is 5.69 Å². The number of hydrogen-bond donors (Lipinski definition) is 1. The van der Waals surface area contributed by atoms with Crippen molar-refractivity contribution in [3.63, 3.8) is 0 Å². The SMILES string of the molecule is CC(CN1CCN(c2ncccn2)CC1)NC(=O)c1cc2n(n1)CCN(Cc1cccs1)C2=O. The van der Waals surface area contributed by atoms with Gasteiger partial charge in [-0.25, -0.2) is 9.97 Å². The summed E-state index contributed by atoms with van der Waals surface area (Å²) >= 11 is 1.64. The van der Waals surface area contributed by atoms with Crippen LogP contribution >= 0.6 is 11.3 Å². The van der Waals surface area contributed by atoms with Gasteiger partial charge in [0.05, 0.1) is 13.1 Å². The minimum Gasteiger partial charge on any atom is -0.347 e. The third kappa shape index (κ3) is 4.95. The minimum absolute atomic E-state index is 0.0446. The van der Waals surface area contributed by atoms with Crippen molar-refractivity contribution in [3.8, 4) is 0 Å². The number of hydrogen-bond acceptors (Lipinski definition) is 8. The summed E-state index contributed by atoms with van der Waals surface area (Å²) in [7, 11) is 0. The molecule has 1 saturated heterocycles. The number of piperazine rings is 1. The highest BCUT2D eigenvalue weighted by molar-refractivity contribution is 7.09. The number of nitrogens with zero attached hydrogens (tertiary/aromatic N) is 7. The Balaban J connectivity index is 1.13. The molecule has 0 spiro atoms. The highest BCUT2D eigenvalue weighted by Gasteiger charge is 2.29. The average molecular weight is 481 g/mol. The van der Waals surface area contributed by atoms with E-state index in [0.29, 0.717) is 31.0 Å². The third-order valence-electron chi connectivity index (χ3n) is 6.14. The van der Waals surface area contributed by atoms with E-state index in [0.717, 1.165) is 43.5 Å². The number of rotatable bonds is 7. The van der Waals surface area contributed by atoms with Crippen LogP contribution in [0.3, 0.4) is 0 Å². The molecule has 1 fully saturated rings. The Bertz CT molecular complexity index is 1130. The Morgan fingerprint density at radius 3 is 2.65 bits per heavy atom. The Morgan fingerprint density at radius 1 is 1.12 bits per heavy atom. The van der Waals surface area contributed by atoms with Gasteiger partial charge in [-0.3, -0.25) is 19.2 Å². The first-order valence-electron chi connectivity index (χ1n) is 11.5. The molecular weight excluding hydrogens is 452 g/mol. The Hall–Kier alpha value is -3.31. The topological polar surface area (TPSA) is 99.5 Å². The van der Waals surface area contributed by atoms with Crippen molar-refractivity contribution < 1.29 is 9.59 Å². The number of aromatic nitrogens is 4. The van der Waals surface area contributed by atoms with Crippen molar-refractivity contribution in [2.24, 2.45) is 0 Å². The van der Waals surface area contributed by atoms with Gasteiger partial charge in [0, 0.05) is 68.6 Å². The third-order valence-corrected chi connectivity index (χ3v) is 7.01. The van der Waals surface area contributed by atoms with Gasteiger partial charge in [-0.1, -0.05) is 6.07 Å². The lowest BCUT2D eigenvalue weighted by atomic mass is 10.2. The van der Waals surface area contributed by atoms with Gasteiger partial charge in [-0.15, -0.1) is 11.3 Å². The molecule has 3 aromatic rings. The predicted octanol–water partition coefficient (Wildman–Crippen LogP) is 1.33. The van der Waals surface area contributed by atoms with E-state index < -0.39 is 0 Å². The number of anilines is 1. The highest BCUT2D eigenvalue weighted by Crippen LogP contribution is 2.19. The van der Waals surface area contributed by atoms with E-state index in [-0.39, 0.29) is 17.9 Å². The molecule has 5 rings (SSSR count). The quantitative estimate of drug-likeness (QED) is 0.545. The van der Waals surface area contributed by atoms with E-state index in [2.05, 4.69) is 30.2 Å². The van der Waals surface area contributed by atoms with Crippen molar-refractivity contribution >= 4 is 29.1 Å². The zero-order valence-corrected chi connectivity index (χ0v) is 19.9. The van der Waals surface area contributed by atoms with E-state index in [1.807, 2.05) is 35.4 Å². The second-order valence-electron chi connectivity index (χ2n) is 8.65. The molecule has 5 heterocycles. The van der Waals surface area contributed by atoms with E-state index in [1.54, 1.807) is 34.5 Å². The van der Waals surface area contributed by atoms with Crippen LogP contribution in [-0.2, 0) is 13.1 Å². The largest absolute Gasteiger partial charge is 0.347 e. The Morgan fingerprint density at radius 2 is 1.91 bits per heavy atom. The minimum atomic E-state index is -0.247. The Labute approximate surface area is 202 Å². The first kappa shape index (κ1) is 22.5. The van der Waals surface area contributed by atoms with Crippen LogP contribution in [0.5, 0.6) is 0 Å². The number of carbonyl (C=O) groups is 2. The highest BCUT2D eigenvalue weighted by atomic mass is 32.1. The number of amides is 2. The summed E-state index contributed by atoms with van der Waals surface area (Å²) in [6.07, 6.45) is 3.52. The summed E-state index contributed by atoms with van der Waals surface area (Å²) in [5.74, 6) is 0.429. The van der Waals surface area contributed by atoms with E-state index >= 15 is 0 Å². The van der Waals surface area contributed by atoms with Crippen LogP contribution in [0, 0.1) is 0 Å². The molecule has 1 unspecified atom stereocenters. The zero-order chi connectivity index (χ0) is 23.5. The number of thiophene rings is 1. The summed E-state index contributed by atoms with van der Waals surface area (Å²) in [6, 6.07) is 7.40. The zero-order valence-electron chi connectivity index (χ0n) is 19.1. The van der Waals surface area contributed by atoms with Crippen LogP contribution in [0.1, 0.15) is 32.8 Å². The maximum absolute atomic E-state index is 12.9. The summed E-state index contributed by atoms with van der Waals surface area (Å²) in [5, 5.41) is 9.45. The first-order chi connectivity index (χ1) is 16.6. The maximum atomic E-state index is 12.9. The molecular formula is C23H28N8O2S. The fraction of sp³-hybridized carbons (Fsp3) is 0.435. The smallest absolute Gasteiger partial charge is 0.272 e. The molecule has 1 atom stereocenters. The summed E-state index contributed by atoms with van der Waals surface area (Å²) in [4.78, 5) is 41.9. The monoisotopic (exact) mass is 480 g/mol. The van der Waals surface area contributed by atoms with E-state index in [1.165, 1.54) is 0 Å². The molecule has 0 aliphatic carbocycles. The second kappa shape index (κ2) is 9.90. The van der Waals surface area contributed by atoms with Gasteiger partial charge in [0.1, 0.15) is 5.69 Å². The molecule has 11 heteroatoms. The van der Waals surface area contributed by atoms with Gasteiger partial charge >= 0.3 is 0 Å². The van der Waals surface area contributed by atoms with Crippen molar-refractivity contribution in [3.05, 3.63) is 58.3 Å². The predicted molar refractivity (Wildman–Crippen MR) is 129 cm³/mol. The van der Waals surface area contributed by atoms with Crippen LogP contribution in [0.15, 0.2) is 42.0 Å². The van der Waals surface area contributed by atoms with Gasteiger partial charge in [-0.2, -0.15) is 5.10 Å². The van der Waals surface area contributed by atoms with Crippen molar-refractivity contribution in [2.75, 3.05) is 44.2 Å². The normalized spacial score (nSPS) is 17.5. The molecule has 178 valence electrons. The van der Waals surface area contributed by atoms with Crippen molar-refractivity contribution in [2.45, 2.75) is 26.1 Å². The molecule has 1 N–H and O–H groups in total. The molecule has 2 aliphatic rings. The van der Waals surface area contributed by atoms with E-state index in [4.69, 9.17) is 0 Å². The standard InChI is InChI=1S/C23H28N8O2S/c1-17(15-28-7-9-29(10-8-28)23-24-5-3-6-25-23)26-21(32)19-14-20-22(33)30(11-12-31(20)27-19)16-18-4-2-13-34-18/h2-6,13-14,17H,7-12,15-16H2,1H3,(H,26,32). The average Bonchev–Trinajstić information content (AvgIpc) is 3.52. The first-order valence-corrected chi connectivity index (χ1v) is 12.4. The lowest BCUT2D eigenvalue weighted by molar-refractivity contribution is 0.0684. The van der Waals surface area contributed by atoms with E-state index in [9.17, 15) is 9.59 Å². The summed E-state index contributed by atoms with van der Waals surface area (Å²) in [5.41, 5.74) is 0.763. The molecule has 0 saturated carbocycles. The van der Waals surface area contributed by atoms with Gasteiger partial charge in [0.25, 0.3) is 11.8 Å². The Kier molecular flexibility index (Phi) is 6.54.